The minimum Gasteiger partial charge on any atom is -0.294 e. The van der Waals surface area contributed by atoms with Crippen molar-refractivity contribution in [1.82, 2.24) is 4.98 Å². The molecule has 23 heavy (non-hydrogen) atoms. The minimum atomic E-state index is -0.131. The van der Waals surface area contributed by atoms with Gasteiger partial charge in [-0.3, -0.25) is 9.59 Å². The lowest BCUT2D eigenvalue weighted by molar-refractivity contribution is 0.101. The van der Waals surface area contributed by atoms with Crippen molar-refractivity contribution in [3.8, 4) is 6.07 Å². The van der Waals surface area contributed by atoms with Crippen molar-refractivity contribution >= 4 is 39.3 Å². The number of nitrogens with zero attached hydrogens (tertiary/aromatic N) is 2. The SMILES string of the molecule is CC(=O)c1cc(C#N)c(SCC(=O)c2ccc(Br)cc2)nc1C. The number of Topliss-reactive ketones (excluding diaryl/α,β-unsaturated/α-hetero) is 2. The summed E-state index contributed by atoms with van der Waals surface area (Å²) >= 11 is 4.53. The number of ketones is 2. The quantitative estimate of drug-likeness (QED) is 0.566. The van der Waals surface area contributed by atoms with E-state index in [2.05, 4.69) is 20.9 Å². The predicted octanol–water partition coefficient (Wildman–Crippen LogP) is 4.20. The van der Waals surface area contributed by atoms with Gasteiger partial charge in [-0.2, -0.15) is 5.26 Å². The summed E-state index contributed by atoms with van der Waals surface area (Å²) in [5.41, 5.74) is 1.92. The molecule has 1 aromatic carbocycles. The van der Waals surface area contributed by atoms with Crippen LogP contribution in [-0.4, -0.2) is 22.3 Å². The summed E-state index contributed by atoms with van der Waals surface area (Å²) in [6.07, 6.45) is 0. The maximum Gasteiger partial charge on any atom is 0.173 e. The molecule has 4 nitrogen and oxygen atoms in total. The number of hydrogen-bond donors (Lipinski definition) is 0. The van der Waals surface area contributed by atoms with Crippen LogP contribution in [0, 0.1) is 18.3 Å². The first-order valence-corrected chi connectivity index (χ1v) is 8.54. The average molecular weight is 389 g/mol. The van der Waals surface area contributed by atoms with Crippen LogP contribution in [0.4, 0.5) is 0 Å². The highest BCUT2D eigenvalue weighted by Crippen LogP contribution is 2.24. The van der Waals surface area contributed by atoms with Gasteiger partial charge in [0.2, 0.25) is 0 Å². The second kappa shape index (κ2) is 7.53. The van der Waals surface area contributed by atoms with E-state index in [1.807, 2.05) is 18.2 Å². The Hall–Kier alpha value is -1.97. The minimum absolute atomic E-state index is 0.0403. The Bertz CT molecular complexity index is 811. The number of halogens is 1. The fourth-order valence-corrected chi connectivity index (χ4v) is 3.14. The highest BCUT2D eigenvalue weighted by Gasteiger charge is 2.14. The zero-order valence-corrected chi connectivity index (χ0v) is 15.0. The number of nitriles is 1. The summed E-state index contributed by atoms with van der Waals surface area (Å²) < 4.78 is 0.908. The van der Waals surface area contributed by atoms with Gasteiger partial charge >= 0.3 is 0 Å². The van der Waals surface area contributed by atoms with Crippen molar-refractivity contribution in [2.24, 2.45) is 0 Å². The first-order chi connectivity index (χ1) is 10.9. The van der Waals surface area contributed by atoms with E-state index in [0.717, 1.165) is 4.47 Å². The Balaban J connectivity index is 2.19. The summed E-state index contributed by atoms with van der Waals surface area (Å²) in [7, 11) is 0. The molecule has 0 fully saturated rings. The van der Waals surface area contributed by atoms with Crippen molar-refractivity contribution in [2.75, 3.05) is 5.75 Å². The number of aromatic nitrogens is 1. The van der Waals surface area contributed by atoms with Crippen LogP contribution in [0.2, 0.25) is 0 Å². The summed E-state index contributed by atoms with van der Waals surface area (Å²) in [6, 6.07) is 10.7. The van der Waals surface area contributed by atoms with Gasteiger partial charge in [-0.15, -0.1) is 0 Å². The number of carbonyl (C=O) groups is 2. The van der Waals surface area contributed by atoms with Crippen molar-refractivity contribution < 1.29 is 9.59 Å². The maximum atomic E-state index is 12.2. The topological polar surface area (TPSA) is 70.8 Å². The molecule has 0 aliphatic heterocycles. The third-order valence-corrected chi connectivity index (χ3v) is 4.70. The number of hydrogen-bond acceptors (Lipinski definition) is 5. The van der Waals surface area contributed by atoms with Crippen molar-refractivity contribution in [1.29, 1.82) is 5.26 Å². The van der Waals surface area contributed by atoms with Crippen LogP contribution in [0.5, 0.6) is 0 Å². The number of carbonyl (C=O) groups excluding carboxylic acids is 2. The number of rotatable bonds is 5. The van der Waals surface area contributed by atoms with E-state index in [-0.39, 0.29) is 17.3 Å². The van der Waals surface area contributed by atoms with Crippen molar-refractivity contribution in [3.05, 3.63) is 57.2 Å². The molecule has 116 valence electrons. The lowest BCUT2D eigenvalue weighted by Gasteiger charge is -2.07. The molecule has 0 spiro atoms. The lowest BCUT2D eigenvalue weighted by atomic mass is 10.1. The van der Waals surface area contributed by atoms with Gasteiger partial charge in [0.25, 0.3) is 0 Å². The summed E-state index contributed by atoms with van der Waals surface area (Å²) in [5.74, 6) is 0.0119. The molecule has 0 bridgehead atoms. The van der Waals surface area contributed by atoms with Gasteiger partial charge in [-0.05, 0) is 32.0 Å². The van der Waals surface area contributed by atoms with Gasteiger partial charge in [0.05, 0.1) is 11.3 Å². The Morgan fingerprint density at radius 3 is 2.52 bits per heavy atom. The summed E-state index contributed by atoms with van der Waals surface area (Å²) in [6.45, 7) is 3.16. The van der Waals surface area contributed by atoms with Crippen molar-refractivity contribution in [3.63, 3.8) is 0 Å². The molecule has 0 N–H and O–H groups in total. The van der Waals surface area contributed by atoms with Gasteiger partial charge in [0.1, 0.15) is 11.1 Å². The fourth-order valence-electron chi connectivity index (χ4n) is 1.98. The van der Waals surface area contributed by atoms with Crippen LogP contribution >= 0.6 is 27.7 Å². The molecule has 0 unspecified atom stereocenters. The van der Waals surface area contributed by atoms with Crippen LogP contribution < -0.4 is 0 Å². The molecule has 0 radical (unpaired) electrons. The standard InChI is InChI=1S/C17H13BrN2O2S/c1-10-15(11(2)21)7-13(8-19)17(20-10)23-9-16(22)12-3-5-14(18)6-4-12/h3-7H,9H2,1-2H3. The average Bonchev–Trinajstić information content (AvgIpc) is 2.53. The number of benzene rings is 1. The number of thioether (sulfide) groups is 1. The number of aryl methyl sites for hydroxylation is 1. The Morgan fingerprint density at radius 1 is 1.30 bits per heavy atom. The van der Waals surface area contributed by atoms with Crippen LogP contribution in [0.3, 0.4) is 0 Å². The molecule has 0 amide bonds. The Labute approximate surface area is 147 Å². The zero-order chi connectivity index (χ0) is 17.0. The molecule has 0 saturated carbocycles. The second-order valence-electron chi connectivity index (χ2n) is 4.86. The smallest absolute Gasteiger partial charge is 0.173 e. The first kappa shape index (κ1) is 17.4. The van der Waals surface area contributed by atoms with Gasteiger partial charge < -0.3 is 0 Å². The van der Waals surface area contributed by atoms with E-state index in [9.17, 15) is 14.9 Å². The Kier molecular flexibility index (Phi) is 5.69. The molecule has 0 atom stereocenters. The summed E-state index contributed by atoms with van der Waals surface area (Å²) in [5, 5.41) is 9.70. The molecular formula is C17H13BrN2O2S. The van der Waals surface area contributed by atoms with E-state index in [0.29, 0.717) is 27.4 Å². The van der Waals surface area contributed by atoms with Gasteiger partial charge in [0.15, 0.2) is 11.6 Å². The van der Waals surface area contributed by atoms with Crippen LogP contribution in [0.25, 0.3) is 0 Å². The molecule has 0 saturated heterocycles. The van der Waals surface area contributed by atoms with E-state index in [4.69, 9.17) is 0 Å². The molecule has 2 rings (SSSR count). The highest BCUT2D eigenvalue weighted by atomic mass is 79.9. The normalized spacial score (nSPS) is 10.2. The maximum absolute atomic E-state index is 12.2. The van der Waals surface area contributed by atoms with Gasteiger partial charge in [-0.1, -0.05) is 39.8 Å². The number of pyridine rings is 1. The largest absolute Gasteiger partial charge is 0.294 e. The third-order valence-electron chi connectivity index (χ3n) is 3.18. The lowest BCUT2D eigenvalue weighted by Crippen LogP contribution is -2.05. The molecule has 0 aliphatic carbocycles. The van der Waals surface area contributed by atoms with Gasteiger partial charge in [-0.25, -0.2) is 4.98 Å². The molecule has 0 aliphatic rings. The summed E-state index contributed by atoms with van der Waals surface area (Å²) in [4.78, 5) is 28.0. The Morgan fingerprint density at radius 2 is 1.96 bits per heavy atom. The van der Waals surface area contributed by atoms with E-state index in [1.54, 1.807) is 19.1 Å². The van der Waals surface area contributed by atoms with E-state index >= 15 is 0 Å². The van der Waals surface area contributed by atoms with E-state index in [1.165, 1.54) is 24.8 Å². The van der Waals surface area contributed by atoms with Crippen LogP contribution in [0.1, 0.15) is 38.9 Å². The third kappa shape index (κ3) is 4.27. The highest BCUT2D eigenvalue weighted by molar-refractivity contribution is 9.10. The zero-order valence-electron chi connectivity index (χ0n) is 12.6. The molecule has 1 aromatic heterocycles. The predicted molar refractivity (Wildman–Crippen MR) is 92.9 cm³/mol. The van der Waals surface area contributed by atoms with Crippen LogP contribution in [0.15, 0.2) is 39.8 Å². The fraction of sp³-hybridized carbons (Fsp3) is 0.176. The van der Waals surface area contributed by atoms with Crippen LogP contribution in [-0.2, 0) is 0 Å². The molecule has 6 heteroatoms. The monoisotopic (exact) mass is 388 g/mol. The van der Waals surface area contributed by atoms with E-state index < -0.39 is 0 Å². The van der Waals surface area contributed by atoms with Gasteiger partial charge in [0, 0.05) is 21.3 Å². The molecule has 1 heterocycles. The van der Waals surface area contributed by atoms with Crippen molar-refractivity contribution in [2.45, 2.75) is 18.9 Å². The molecular weight excluding hydrogens is 376 g/mol. The second-order valence-corrected chi connectivity index (χ2v) is 6.74. The molecule has 2 aromatic rings. The first-order valence-electron chi connectivity index (χ1n) is 6.76.